The summed E-state index contributed by atoms with van der Waals surface area (Å²) in [5, 5.41) is 13.0. The third kappa shape index (κ3) is 1.83. The van der Waals surface area contributed by atoms with E-state index >= 15 is 0 Å². The fraction of sp³-hybridized carbons (Fsp3) is 0.455. The summed E-state index contributed by atoms with van der Waals surface area (Å²) in [6.45, 7) is 1.46. The van der Waals surface area contributed by atoms with E-state index < -0.39 is 5.82 Å². The Morgan fingerprint density at radius 1 is 1.62 bits per heavy atom. The van der Waals surface area contributed by atoms with E-state index in [2.05, 4.69) is 5.32 Å². The van der Waals surface area contributed by atoms with Crippen LogP contribution in [0.3, 0.4) is 0 Å². The van der Waals surface area contributed by atoms with Crippen molar-refractivity contribution in [3.05, 3.63) is 22.5 Å². The second-order valence-corrected chi connectivity index (χ2v) is 4.23. The van der Waals surface area contributed by atoms with E-state index in [1.807, 2.05) is 0 Å². The van der Waals surface area contributed by atoms with Crippen LogP contribution in [-0.4, -0.2) is 25.3 Å². The molecule has 1 unspecified atom stereocenters. The second-order valence-electron chi connectivity index (χ2n) is 3.83. The van der Waals surface area contributed by atoms with Crippen LogP contribution in [0.15, 0.2) is 6.07 Å². The number of hydrogen-bond donors (Lipinski definition) is 2. The summed E-state index contributed by atoms with van der Waals surface area (Å²) in [5.74, 6) is -0.521. The van der Waals surface area contributed by atoms with E-state index in [4.69, 9.17) is 16.3 Å². The van der Waals surface area contributed by atoms with Crippen molar-refractivity contribution in [2.24, 2.45) is 0 Å². The van der Waals surface area contributed by atoms with Crippen LogP contribution < -0.4 is 10.1 Å². The Morgan fingerprint density at radius 2 is 2.38 bits per heavy atom. The molecule has 0 aliphatic carbocycles. The maximum atomic E-state index is 13.9. The van der Waals surface area contributed by atoms with Gasteiger partial charge < -0.3 is 15.2 Å². The van der Waals surface area contributed by atoms with Crippen LogP contribution in [0.2, 0.25) is 5.02 Å². The van der Waals surface area contributed by atoms with Gasteiger partial charge in [-0.25, -0.2) is 4.39 Å². The first-order valence-corrected chi connectivity index (χ1v) is 5.48. The fourth-order valence-electron chi connectivity index (χ4n) is 2.04. The number of methoxy groups -OCH3 is 1. The molecular formula is C11H13ClFNO2. The Hall–Kier alpha value is -1.00. The maximum Gasteiger partial charge on any atom is 0.164 e. The lowest BCUT2D eigenvalue weighted by Gasteiger charge is -2.15. The van der Waals surface area contributed by atoms with Gasteiger partial charge in [0.25, 0.3) is 0 Å². The van der Waals surface area contributed by atoms with Crippen LogP contribution >= 0.6 is 11.6 Å². The average molecular weight is 246 g/mol. The minimum Gasteiger partial charge on any atom is -0.504 e. The molecule has 16 heavy (non-hydrogen) atoms. The largest absolute Gasteiger partial charge is 0.504 e. The van der Waals surface area contributed by atoms with Gasteiger partial charge in [0.05, 0.1) is 12.1 Å². The van der Waals surface area contributed by atoms with Crippen LogP contribution in [0.5, 0.6) is 11.5 Å². The van der Waals surface area contributed by atoms with E-state index in [1.165, 1.54) is 13.2 Å². The Kier molecular flexibility index (Phi) is 3.21. The van der Waals surface area contributed by atoms with Gasteiger partial charge in [0.2, 0.25) is 0 Å². The molecule has 0 bridgehead atoms. The lowest BCUT2D eigenvalue weighted by molar-refractivity contribution is 0.364. The number of phenolic OH excluding ortho intramolecular Hbond substituents is 1. The highest BCUT2D eigenvalue weighted by Gasteiger charge is 2.27. The summed E-state index contributed by atoms with van der Waals surface area (Å²) < 4.78 is 18.8. The summed E-state index contributed by atoms with van der Waals surface area (Å²) in [4.78, 5) is 0. The van der Waals surface area contributed by atoms with Crippen molar-refractivity contribution in [3.63, 3.8) is 0 Å². The van der Waals surface area contributed by atoms with Crippen molar-refractivity contribution in [2.45, 2.75) is 12.3 Å². The molecule has 1 aromatic carbocycles. The average Bonchev–Trinajstić information content (AvgIpc) is 2.77. The number of halogens is 2. The van der Waals surface area contributed by atoms with Gasteiger partial charge in [-0.3, -0.25) is 0 Å². The first-order chi connectivity index (χ1) is 7.65. The Bertz CT molecular complexity index is 405. The number of benzene rings is 1. The summed E-state index contributed by atoms with van der Waals surface area (Å²) >= 11 is 5.76. The van der Waals surface area contributed by atoms with E-state index in [0.29, 0.717) is 6.54 Å². The smallest absolute Gasteiger partial charge is 0.164 e. The van der Waals surface area contributed by atoms with Crippen LogP contribution in [0, 0.1) is 5.82 Å². The molecule has 1 aliphatic rings. The van der Waals surface area contributed by atoms with Crippen molar-refractivity contribution in [2.75, 3.05) is 20.2 Å². The quantitative estimate of drug-likeness (QED) is 0.840. The van der Waals surface area contributed by atoms with Gasteiger partial charge in [-0.1, -0.05) is 11.6 Å². The van der Waals surface area contributed by atoms with Gasteiger partial charge >= 0.3 is 0 Å². The summed E-state index contributed by atoms with van der Waals surface area (Å²) in [6, 6.07) is 1.29. The first kappa shape index (κ1) is 11.5. The molecule has 3 nitrogen and oxygen atoms in total. The summed E-state index contributed by atoms with van der Waals surface area (Å²) in [7, 11) is 1.42. The Morgan fingerprint density at radius 3 is 2.94 bits per heavy atom. The predicted octanol–water partition coefficient (Wildman–Crippen LogP) is 2.27. The summed E-state index contributed by atoms with van der Waals surface area (Å²) in [6.07, 6.45) is 0.786. The van der Waals surface area contributed by atoms with Gasteiger partial charge in [0.1, 0.15) is 5.82 Å². The monoisotopic (exact) mass is 245 g/mol. The topological polar surface area (TPSA) is 41.5 Å². The number of rotatable bonds is 2. The normalized spacial score (nSPS) is 20.1. The zero-order chi connectivity index (χ0) is 11.7. The maximum absolute atomic E-state index is 13.9. The van der Waals surface area contributed by atoms with E-state index in [0.717, 1.165) is 13.0 Å². The fourth-order valence-corrected chi connectivity index (χ4v) is 2.24. The molecule has 1 aliphatic heterocycles. The molecule has 2 N–H and O–H groups in total. The molecule has 0 saturated carbocycles. The zero-order valence-electron chi connectivity index (χ0n) is 8.89. The minimum atomic E-state index is -0.548. The van der Waals surface area contributed by atoms with E-state index in [1.54, 1.807) is 0 Å². The molecule has 1 heterocycles. The third-order valence-corrected chi connectivity index (χ3v) is 3.16. The molecule has 88 valence electrons. The minimum absolute atomic E-state index is 0.0171. The van der Waals surface area contributed by atoms with Gasteiger partial charge in [-0.05, 0) is 13.0 Å². The number of phenols is 1. The molecule has 1 fully saturated rings. The van der Waals surface area contributed by atoms with Gasteiger partial charge in [0.15, 0.2) is 11.5 Å². The van der Waals surface area contributed by atoms with Crippen molar-refractivity contribution in [1.82, 2.24) is 5.32 Å². The molecule has 5 heteroatoms. The van der Waals surface area contributed by atoms with Crippen LogP contribution in [0.4, 0.5) is 4.39 Å². The molecule has 1 saturated heterocycles. The molecular weight excluding hydrogens is 233 g/mol. The lowest BCUT2D eigenvalue weighted by atomic mass is 9.96. The molecule has 1 atom stereocenters. The lowest BCUT2D eigenvalue weighted by Crippen LogP contribution is -2.09. The van der Waals surface area contributed by atoms with Crippen LogP contribution in [0.25, 0.3) is 0 Å². The molecule has 0 amide bonds. The van der Waals surface area contributed by atoms with Gasteiger partial charge in [0, 0.05) is 24.1 Å². The second kappa shape index (κ2) is 4.47. The molecule has 0 radical (unpaired) electrons. The molecule has 1 aromatic rings. The first-order valence-electron chi connectivity index (χ1n) is 5.10. The van der Waals surface area contributed by atoms with E-state index in [-0.39, 0.29) is 28.0 Å². The standard InChI is InChI=1S/C11H13ClFNO2/c1-16-8-4-7(12)10(13)9(11(8)15)6-2-3-14-5-6/h4,6,14-15H,2-3,5H2,1H3. The Balaban J connectivity index is 2.52. The highest BCUT2D eigenvalue weighted by atomic mass is 35.5. The SMILES string of the molecule is COc1cc(Cl)c(F)c(C2CCNC2)c1O. The number of nitrogens with one attached hydrogen (secondary N) is 1. The molecule has 0 spiro atoms. The highest BCUT2D eigenvalue weighted by Crippen LogP contribution is 2.41. The number of aromatic hydroxyl groups is 1. The van der Waals surface area contributed by atoms with Crippen molar-refractivity contribution < 1.29 is 14.2 Å². The van der Waals surface area contributed by atoms with E-state index in [9.17, 15) is 9.50 Å². The van der Waals surface area contributed by atoms with Crippen molar-refractivity contribution in [1.29, 1.82) is 0 Å². The van der Waals surface area contributed by atoms with Crippen molar-refractivity contribution >= 4 is 11.6 Å². The molecule has 2 rings (SSSR count). The van der Waals surface area contributed by atoms with Crippen LogP contribution in [0.1, 0.15) is 17.9 Å². The highest BCUT2D eigenvalue weighted by molar-refractivity contribution is 6.31. The van der Waals surface area contributed by atoms with Gasteiger partial charge in [-0.2, -0.15) is 0 Å². The summed E-state index contributed by atoms with van der Waals surface area (Å²) in [5.41, 5.74) is 0.259. The van der Waals surface area contributed by atoms with Crippen molar-refractivity contribution in [3.8, 4) is 11.5 Å². The van der Waals surface area contributed by atoms with Gasteiger partial charge in [-0.15, -0.1) is 0 Å². The molecule has 0 aromatic heterocycles. The zero-order valence-corrected chi connectivity index (χ0v) is 9.64. The number of hydrogen-bond acceptors (Lipinski definition) is 3. The predicted molar refractivity (Wildman–Crippen MR) is 59.9 cm³/mol. The Labute approximate surface area is 98.2 Å². The number of ether oxygens (including phenoxy) is 1. The van der Waals surface area contributed by atoms with Crippen LogP contribution in [-0.2, 0) is 0 Å². The third-order valence-electron chi connectivity index (χ3n) is 2.88.